The molecule has 6 aliphatic carbocycles. The van der Waals surface area contributed by atoms with Gasteiger partial charge in [-0.1, -0.05) is 135 Å². The Hall–Kier alpha value is -5.79. The lowest BCUT2D eigenvalue weighted by Crippen LogP contribution is -2.55. The number of hydrogen-bond donors (Lipinski definition) is 0. The van der Waals surface area contributed by atoms with E-state index < -0.39 is 0 Å². The number of rotatable bonds is 3. The summed E-state index contributed by atoms with van der Waals surface area (Å²) in [5.41, 5.74) is 18.5. The topological polar surface area (TPSA) is 12.9 Å². The summed E-state index contributed by atoms with van der Waals surface area (Å²) >= 11 is 0. The van der Waals surface area contributed by atoms with Crippen molar-refractivity contribution in [3.05, 3.63) is 174 Å². The van der Waals surface area contributed by atoms with Gasteiger partial charge in [0.25, 0.3) is 0 Å². The standard InChI is InChI=1S/C56H45N/c1-55(2)48-21-11-10-19-43(48)53-44(20-12-22-49(53)55)51-30-38(35-13-4-3-5-14-35)31-52(57-51)46-32-47-45-28-36-15-6-7-16-37(36)29-50(45)56(54(47)42-18-9-8-17-41(42)46)39-24-33-23-34(26-39)27-40(56)25-33/h3-22,28-34,39-40H,23-27H2,1-2H3. The molecular weight excluding hydrogens is 687 g/mol. The lowest BCUT2D eigenvalue weighted by Gasteiger charge is -2.61. The predicted molar refractivity (Wildman–Crippen MR) is 236 cm³/mol. The van der Waals surface area contributed by atoms with Crippen LogP contribution >= 0.6 is 0 Å². The zero-order valence-electron chi connectivity index (χ0n) is 32.7. The number of benzene rings is 7. The second-order valence-corrected chi connectivity index (χ2v) is 18.7. The van der Waals surface area contributed by atoms with Crippen molar-refractivity contribution in [3.8, 4) is 55.9 Å². The van der Waals surface area contributed by atoms with E-state index in [2.05, 4.69) is 166 Å². The van der Waals surface area contributed by atoms with Crippen LogP contribution in [0.4, 0.5) is 0 Å². The van der Waals surface area contributed by atoms with E-state index in [0.717, 1.165) is 23.2 Å². The van der Waals surface area contributed by atoms with Gasteiger partial charge in [0.15, 0.2) is 0 Å². The first-order valence-corrected chi connectivity index (χ1v) is 21.4. The molecule has 0 radical (unpaired) electrons. The maximum absolute atomic E-state index is 5.76. The highest BCUT2D eigenvalue weighted by Crippen LogP contribution is 2.71. The minimum absolute atomic E-state index is 0.0650. The Labute approximate surface area is 335 Å². The monoisotopic (exact) mass is 731 g/mol. The van der Waals surface area contributed by atoms with Gasteiger partial charge in [-0.2, -0.15) is 0 Å². The summed E-state index contributed by atoms with van der Waals surface area (Å²) in [5, 5.41) is 5.48. The molecule has 14 rings (SSSR count). The third kappa shape index (κ3) is 4.28. The minimum atomic E-state index is -0.0799. The minimum Gasteiger partial charge on any atom is -0.248 e. The number of hydrogen-bond acceptors (Lipinski definition) is 1. The molecule has 0 aliphatic heterocycles. The fraction of sp³-hybridized carbons (Fsp3) is 0.232. The maximum Gasteiger partial charge on any atom is 0.0722 e. The zero-order chi connectivity index (χ0) is 37.6. The third-order valence-electron chi connectivity index (χ3n) is 15.6. The fourth-order valence-corrected chi connectivity index (χ4v) is 13.5. The van der Waals surface area contributed by atoms with Gasteiger partial charge < -0.3 is 0 Å². The van der Waals surface area contributed by atoms with Crippen molar-refractivity contribution in [1.82, 2.24) is 4.98 Å². The van der Waals surface area contributed by atoms with Gasteiger partial charge in [0, 0.05) is 22.0 Å². The third-order valence-corrected chi connectivity index (χ3v) is 15.6. The van der Waals surface area contributed by atoms with Crippen molar-refractivity contribution in [3.63, 3.8) is 0 Å². The van der Waals surface area contributed by atoms with Crippen molar-refractivity contribution < 1.29 is 0 Å². The molecule has 0 atom stereocenters. The summed E-state index contributed by atoms with van der Waals surface area (Å²) in [6, 6.07) is 57.7. The molecule has 1 nitrogen and oxygen atoms in total. The van der Waals surface area contributed by atoms with E-state index in [0.29, 0.717) is 11.8 Å². The molecule has 57 heavy (non-hydrogen) atoms. The molecule has 4 saturated carbocycles. The number of nitrogens with zero attached hydrogens (tertiary/aromatic N) is 1. The van der Waals surface area contributed by atoms with E-state index in [-0.39, 0.29) is 10.8 Å². The van der Waals surface area contributed by atoms with Crippen molar-refractivity contribution >= 4 is 21.5 Å². The molecule has 4 bridgehead atoms. The average Bonchev–Trinajstić information content (AvgIpc) is 3.66. The average molecular weight is 732 g/mol. The number of pyridine rings is 1. The predicted octanol–water partition coefficient (Wildman–Crippen LogP) is 14.4. The normalized spacial score (nSPS) is 24.2. The van der Waals surface area contributed by atoms with Crippen LogP contribution in [0.2, 0.25) is 0 Å². The molecule has 0 amide bonds. The Morgan fingerprint density at radius 2 is 1.05 bits per heavy atom. The van der Waals surface area contributed by atoms with Gasteiger partial charge in [-0.3, -0.25) is 0 Å². The quantitative estimate of drug-likeness (QED) is 0.176. The van der Waals surface area contributed by atoms with Crippen molar-refractivity contribution in [2.24, 2.45) is 23.7 Å². The van der Waals surface area contributed by atoms with Crippen molar-refractivity contribution in [1.29, 1.82) is 0 Å². The van der Waals surface area contributed by atoms with Crippen LogP contribution in [-0.4, -0.2) is 4.98 Å². The highest BCUT2D eigenvalue weighted by molar-refractivity contribution is 6.08. The molecule has 274 valence electrons. The smallest absolute Gasteiger partial charge is 0.0722 e. The highest BCUT2D eigenvalue weighted by atomic mass is 14.7. The van der Waals surface area contributed by atoms with Gasteiger partial charge in [-0.05, 0) is 163 Å². The van der Waals surface area contributed by atoms with Crippen LogP contribution in [0.15, 0.2) is 152 Å². The van der Waals surface area contributed by atoms with Crippen LogP contribution in [0, 0.1) is 23.7 Å². The first-order valence-electron chi connectivity index (χ1n) is 21.4. The van der Waals surface area contributed by atoms with Gasteiger partial charge in [0.2, 0.25) is 0 Å². The number of fused-ring (bicyclic) bond motifs is 9. The second-order valence-electron chi connectivity index (χ2n) is 18.7. The van der Waals surface area contributed by atoms with Crippen LogP contribution in [0.3, 0.4) is 0 Å². The second kappa shape index (κ2) is 11.4. The molecule has 0 N–H and O–H groups in total. The summed E-state index contributed by atoms with van der Waals surface area (Å²) in [6.07, 6.45) is 6.96. The first-order chi connectivity index (χ1) is 28.0. The molecule has 1 heteroatoms. The summed E-state index contributed by atoms with van der Waals surface area (Å²) < 4.78 is 0. The molecule has 7 aromatic carbocycles. The number of aromatic nitrogens is 1. The van der Waals surface area contributed by atoms with E-state index in [4.69, 9.17) is 4.98 Å². The Kier molecular flexibility index (Phi) is 6.47. The Balaban J connectivity index is 1.11. The van der Waals surface area contributed by atoms with E-state index in [1.165, 1.54) is 109 Å². The Morgan fingerprint density at radius 1 is 0.439 bits per heavy atom. The van der Waals surface area contributed by atoms with Gasteiger partial charge in [0.05, 0.1) is 11.4 Å². The van der Waals surface area contributed by atoms with Crippen LogP contribution < -0.4 is 0 Å². The van der Waals surface area contributed by atoms with Crippen LogP contribution in [-0.2, 0) is 10.8 Å². The van der Waals surface area contributed by atoms with Crippen LogP contribution in [0.25, 0.3) is 77.4 Å². The van der Waals surface area contributed by atoms with Gasteiger partial charge in [0.1, 0.15) is 0 Å². The largest absolute Gasteiger partial charge is 0.248 e. The SMILES string of the molecule is CC1(C)c2ccccc2-c2c(-c3cc(-c4ccccc4)cc(-c4cc5c(c6ccccc46)C4(c6cc7ccccc7cc6-5)C5CC6CC(C5)CC4C6)n3)cccc21. The molecule has 0 unspecified atom stereocenters. The maximum atomic E-state index is 5.76. The molecule has 1 aromatic heterocycles. The lowest BCUT2D eigenvalue weighted by atomic mass is 9.43. The molecule has 8 aromatic rings. The van der Waals surface area contributed by atoms with Gasteiger partial charge in [-0.15, -0.1) is 0 Å². The van der Waals surface area contributed by atoms with Gasteiger partial charge in [-0.25, -0.2) is 4.98 Å². The molecular formula is C56H45N. The molecule has 6 aliphatic rings. The molecule has 1 heterocycles. The zero-order valence-corrected chi connectivity index (χ0v) is 32.7. The molecule has 1 spiro atoms. The highest BCUT2D eigenvalue weighted by Gasteiger charge is 2.62. The Bertz CT molecular complexity index is 2970. The summed E-state index contributed by atoms with van der Waals surface area (Å²) in [7, 11) is 0. The molecule has 4 fully saturated rings. The van der Waals surface area contributed by atoms with E-state index in [9.17, 15) is 0 Å². The van der Waals surface area contributed by atoms with E-state index >= 15 is 0 Å². The van der Waals surface area contributed by atoms with E-state index in [1.54, 1.807) is 11.1 Å². The van der Waals surface area contributed by atoms with Crippen molar-refractivity contribution in [2.45, 2.75) is 56.8 Å². The summed E-state index contributed by atoms with van der Waals surface area (Å²) in [6.45, 7) is 4.74. The lowest BCUT2D eigenvalue weighted by molar-refractivity contribution is -0.0393. The van der Waals surface area contributed by atoms with Crippen molar-refractivity contribution in [2.75, 3.05) is 0 Å². The summed E-state index contributed by atoms with van der Waals surface area (Å²) in [5.74, 6) is 3.19. The molecule has 0 saturated heterocycles. The van der Waals surface area contributed by atoms with E-state index in [1.807, 2.05) is 0 Å². The Morgan fingerprint density at radius 3 is 1.82 bits per heavy atom. The van der Waals surface area contributed by atoms with Crippen LogP contribution in [0.5, 0.6) is 0 Å². The van der Waals surface area contributed by atoms with Crippen LogP contribution in [0.1, 0.15) is 68.2 Å². The fourth-order valence-electron chi connectivity index (χ4n) is 13.5. The summed E-state index contributed by atoms with van der Waals surface area (Å²) in [4.78, 5) is 5.76. The van der Waals surface area contributed by atoms with Gasteiger partial charge >= 0.3 is 0 Å². The first kappa shape index (κ1) is 32.3.